The smallest absolute Gasteiger partial charge is 0.223 e. The SMILES string of the molecule is O=C1CC(N2CCCC2=O)c2cc(F)ccc21. The fraction of sp³-hybridized carbons (Fsp3) is 0.385. The van der Waals surface area contributed by atoms with Crippen LogP contribution in [0, 0.1) is 5.82 Å². The molecule has 1 saturated heterocycles. The summed E-state index contributed by atoms with van der Waals surface area (Å²) in [6, 6.07) is 3.96. The number of hydrogen-bond acceptors (Lipinski definition) is 2. The maximum atomic E-state index is 13.2. The van der Waals surface area contributed by atoms with Crippen LogP contribution in [0.25, 0.3) is 0 Å². The van der Waals surface area contributed by atoms with Crippen LogP contribution in [0.3, 0.4) is 0 Å². The van der Waals surface area contributed by atoms with Gasteiger partial charge in [-0.1, -0.05) is 0 Å². The summed E-state index contributed by atoms with van der Waals surface area (Å²) < 4.78 is 13.2. The zero-order chi connectivity index (χ0) is 12.0. The second kappa shape index (κ2) is 3.65. The van der Waals surface area contributed by atoms with Gasteiger partial charge in [-0.05, 0) is 30.2 Å². The van der Waals surface area contributed by atoms with Crippen molar-refractivity contribution in [3.05, 3.63) is 35.1 Å². The number of carbonyl (C=O) groups excluding carboxylic acids is 2. The van der Waals surface area contributed by atoms with E-state index in [1.165, 1.54) is 18.2 Å². The van der Waals surface area contributed by atoms with Crippen LogP contribution in [0.5, 0.6) is 0 Å². The van der Waals surface area contributed by atoms with E-state index in [2.05, 4.69) is 0 Å². The number of benzene rings is 1. The van der Waals surface area contributed by atoms with Gasteiger partial charge in [-0.25, -0.2) is 4.39 Å². The molecule has 2 aliphatic rings. The Morgan fingerprint density at radius 2 is 2.12 bits per heavy atom. The molecule has 1 aromatic carbocycles. The average molecular weight is 233 g/mol. The highest BCUT2D eigenvalue weighted by Crippen LogP contribution is 2.38. The van der Waals surface area contributed by atoms with Crippen molar-refractivity contribution in [2.75, 3.05) is 6.54 Å². The van der Waals surface area contributed by atoms with E-state index in [0.29, 0.717) is 30.5 Å². The highest BCUT2D eigenvalue weighted by Gasteiger charge is 2.37. The normalized spacial score (nSPS) is 23.4. The lowest BCUT2D eigenvalue weighted by Crippen LogP contribution is -2.28. The first kappa shape index (κ1) is 10.4. The lowest BCUT2D eigenvalue weighted by atomic mass is 10.1. The molecule has 1 aliphatic carbocycles. The molecule has 0 radical (unpaired) electrons. The average Bonchev–Trinajstić information content (AvgIpc) is 2.83. The second-order valence-corrected chi connectivity index (χ2v) is 4.57. The maximum absolute atomic E-state index is 13.2. The summed E-state index contributed by atoms with van der Waals surface area (Å²) in [7, 11) is 0. The third kappa shape index (κ3) is 1.55. The van der Waals surface area contributed by atoms with E-state index in [-0.39, 0.29) is 23.5 Å². The first-order valence-electron chi connectivity index (χ1n) is 5.79. The van der Waals surface area contributed by atoms with Gasteiger partial charge in [0.1, 0.15) is 5.82 Å². The lowest BCUT2D eigenvalue weighted by molar-refractivity contribution is -0.129. The van der Waals surface area contributed by atoms with Crippen molar-refractivity contribution in [3.8, 4) is 0 Å². The summed E-state index contributed by atoms with van der Waals surface area (Å²) in [4.78, 5) is 25.2. The van der Waals surface area contributed by atoms with Gasteiger partial charge in [0.2, 0.25) is 5.91 Å². The van der Waals surface area contributed by atoms with Crippen LogP contribution in [0.4, 0.5) is 4.39 Å². The molecule has 0 N–H and O–H groups in total. The van der Waals surface area contributed by atoms with Gasteiger partial charge in [0.15, 0.2) is 5.78 Å². The predicted octanol–water partition coefficient (Wildman–Crippen LogP) is 2.08. The van der Waals surface area contributed by atoms with Gasteiger partial charge in [-0.3, -0.25) is 9.59 Å². The molecule has 1 fully saturated rings. The van der Waals surface area contributed by atoms with Gasteiger partial charge in [0, 0.05) is 24.9 Å². The van der Waals surface area contributed by atoms with E-state index in [0.717, 1.165) is 6.42 Å². The van der Waals surface area contributed by atoms with Crippen molar-refractivity contribution in [3.63, 3.8) is 0 Å². The Bertz CT molecular complexity index is 512. The van der Waals surface area contributed by atoms with E-state index < -0.39 is 0 Å². The molecule has 0 aromatic heterocycles. The molecule has 17 heavy (non-hydrogen) atoms. The highest BCUT2D eigenvalue weighted by molar-refractivity contribution is 6.01. The molecule has 4 heteroatoms. The molecule has 3 rings (SSSR count). The fourth-order valence-corrected chi connectivity index (χ4v) is 2.74. The number of likely N-dealkylation sites (tertiary alicyclic amines) is 1. The van der Waals surface area contributed by atoms with E-state index >= 15 is 0 Å². The van der Waals surface area contributed by atoms with E-state index in [1.54, 1.807) is 4.90 Å². The quantitative estimate of drug-likeness (QED) is 0.744. The Balaban J connectivity index is 2.03. The van der Waals surface area contributed by atoms with Crippen LogP contribution in [0.15, 0.2) is 18.2 Å². The number of hydrogen-bond donors (Lipinski definition) is 0. The van der Waals surface area contributed by atoms with Crippen molar-refractivity contribution in [1.82, 2.24) is 4.90 Å². The summed E-state index contributed by atoms with van der Waals surface area (Å²) >= 11 is 0. The molecule has 1 amide bonds. The van der Waals surface area contributed by atoms with E-state index in [4.69, 9.17) is 0 Å². The summed E-state index contributed by atoms with van der Waals surface area (Å²) in [5, 5.41) is 0. The molecular weight excluding hydrogens is 221 g/mol. The molecule has 1 heterocycles. The van der Waals surface area contributed by atoms with Crippen molar-refractivity contribution < 1.29 is 14.0 Å². The van der Waals surface area contributed by atoms with Gasteiger partial charge < -0.3 is 4.90 Å². The summed E-state index contributed by atoms with van der Waals surface area (Å²) in [5.41, 5.74) is 1.24. The molecule has 3 nitrogen and oxygen atoms in total. The highest BCUT2D eigenvalue weighted by atomic mass is 19.1. The van der Waals surface area contributed by atoms with Crippen LogP contribution < -0.4 is 0 Å². The molecule has 1 atom stereocenters. The van der Waals surface area contributed by atoms with E-state index in [9.17, 15) is 14.0 Å². The van der Waals surface area contributed by atoms with Crippen LogP contribution in [-0.2, 0) is 4.79 Å². The number of nitrogens with zero attached hydrogens (tertiary/aromatic N) is 1. The Kier molecular flexibility index (Phi) is 2.24. The molecule has 0 spiro atoms. The van der Waals surface area contributed by atoms with Crippen molar-refractivity contribution in [2.45, 2.75) is 25.3 Å². The summed E-state index contributed by atoms with van der Waals surface area (Å²) in [6.45, 7) is 0.673. The van der Waals surface area contributed by atoms with Gasteiger partial charge in [0.05, 0.1) is 6.04 Å². The monoisotopic (exact) mass is 233 g/mol. The van der Waals surface area contributed by atoms with Crippen molar-refractivity contribution >= 4 is 11.7 Å². The standard InChI is InChI=1S/C13H12FNO2/c14-8-3-4-9-10(6-8)11(7-12(9)16)15-5-1-2-13(15)17/h3-4,6,11H,1-2,5,7H2. The summed E-state index contributed by atoms with van der Waals surface area (Å²) in [5.74, 6) is -0.278. The maximum Gasteiger partial charge on any atom is 0.223 e. The Hall–Kier alpha value is -1.71. The molecule has 1 unspecified atom stereocenters. The molecule has 1 aliphatic heterocycles. The molecule has 0 saturated carbocycles. The fourth-order valence-electron chi connectivity index (χ4n) is 2.74. The molecular formula is C13H12FNO2. The Morgan fingerprint density at radius 1 is 1.29 bits per heavy atom. The number of halogens is 1. The van der Waals surface area contributed by atoms with Crippen molar-refractivity contribution in [2.24, 2.45) is 0 Å². The third-order valence-electron chi connectivity index (χ3n) is 3.54. The van der Waals surface area contributed by atoms with E-state index in [1.807, 2.05) is 0 Å². The zero-order valence-corrected chi connectivity index (χ0v) is 9.28. The largest absolute Gasteiger partial charge is 0.335 e. The van der Waals surface area contributed by atoms with Crippen LogP contribution in [0.2, 0.25) is 0 Å². The number of amides is 1. The van der Waals surface area contributed by atoms with Crippen LogP contribution in [0.1, 0.15) is 41.2 Å². The Labute approximate surface area is 98.2 Å². The van der Waals surface area contributed by atoms with Gasteiger partial charge in [-0.15, -0.1) is 0 Å². The number of Topliss-reactive ketones (excluding diaryl/α,β-unsaturated/α-hetero) is 1. The minimum atomic E-state index is -0.352. The first-order chi connectivity index (χ1) is 8.16. The molecule has 1 aromatic rings. The minimum absolute atomic E-state index is 0.00435. The van der Waals surface area contributed by atoms with Gasteiger partial charge in [-0.2, -0.15) is 0 Å². The second-order valence-electron chi connectivity index (χ2n) is 4.57. The number of carbonyl (C=O) groups is 2. The topological polar surface area (TPSA) is 37.4 Å². The van der Waals surface area contributed by atoms with Gasteiger partial charge >= 0.3 is 0 Å². The van der Waals surface area contributed by atoms with Crippen LogP contribution >= 0.6 is 0 Å². The number of rotatable bonds is 1. The minimum Gasteiger partial charge on any atom is -0.335 e. The molecule has 88 valence electrons. The van der Waals surface area contributed by atoms with Crippen molar-refractivity contribution in [1.29, 1.82) is 0 Å². The Morgan fingerprint density at radius 3 is 2.82 bits per heavy atom. The first-order valence-corrected chi connectivity index (χ1v) is 5.79. The zero-order valence-electron chi connectivity index (χ0n) is 9.28. The van der Waals surface area contributed by atoms with Gasteiger partial charge in [0.25, 0.3) is 0 Å². The van der Waals surface area contributed by atoms with Crippen LogP contribution in [-0.4, -0.2) is 23.1 Å². The number of fused-ring (bicyclic) bond motifs is 1. The predicted molar refractivity (Wildman–Crippen MR) is 59.0 cm³/mol. The summed E-state index contributed by atoms with van der Waals surface area (Å²) in [6.07, 6.45) is 1.66. The lowest BCUT2D eigenvalue weighted by Gasteiger charge is -2.23. The third-order valence-corrected chi connectivity index (χ3v) is 3.54. The molecule has 0 bridgehead atoms. The number of ketones is 1.